The summed E-state index contributed by atoms with van der Waals surface area (Å²) in [5, 5.41) is 5.99. The second-order valence-electron chi connectivity index (χ2n) is 5.88. The summed E-state index contributed by atoms with van der Waals surface area (Å²) in [5.74, 6) is 0. The van der Waals surface area contributed by atoms with Gasteiger partial charge < -0.3 is 9.88 Å². The normalized spacial score (nSPS) is 11.7. The van der Waals surface area contributed by atoms with Crippen LogP contribution in [0.2, 0.25) is 0 Å². The van der Waals surface area contributed by atoms with Gasteiger partial charge >= 0.3 is 0 Å². The Balaban J connectivity index is 1.68. The predicted octanol–water partition coefficient (Wildman–Crippen LogP) is 3.69. The van der Waals surface area contributed by atoms with Gasteiger partial charge in [0.05, 0.1) is 23.3 Å². The minimum absolute atomic E-state index is 0.0595. The standard InChI is InChI=1S/C18H16N4O2S2/c1-26(23,24)18-21-15-9-5-6-10-16(15)22(18)11-14-12-25-17(20-14)19-13-7-3-2-4-8-13/h2-10,12H,11H2,1H3,(H,19,20). The Kier molecular flexibility index (Phi) is 4.21. The van der Waals surface area contributed by atoms with E-state index in [-0.39, 0.29) is 5.16 Å². The number of aromatic nitrogens is 3. The van der Waals surface area contributed by atoms with Crippen molar-refractivity contribution < 1.29 is 8.42 Å². The van der Waals surface area contributed by atoms with Crippen molar-refractivity contribution >= 4 is 43.0 Å². The number of para-hydroxylation sites is 3. The van der Waals surface area contributed by atoms with Gasteiger partial charge in [-0.25, -0.2) is 18.4 Å². The van der Waals surface area contributed by atoms with Gasteiger partial charge in [0.25, 0.3) is 0 Å². The summed E-state index contributed by atoms with van der Waals surface area (Å²) in [6.07, 6.45) is 1.17. The van der Waals surface area contributed by atoms with E-state index < -0.39 is 9.84 Å². The molecule has 1 N–H and O–H groups in total. The average molecular weight is 384 g/mol. The summed E-state index contributed by atoms with van der Waals surface area (Å²) in [7, 11) is -3.45. The van der Waals surface area contributed by atoms with E-state index in [2.05, 4.69) is 15.3 Å². The maximum absolute atomic E-state index is 12.1. The number of nitrogens with zero attached hydrogens (tertiary/aromatic N) is 3. The molecule has 0 fully saturated rings. The highest BCUT2D eigenvalue weighted by Gasteiger charge is 2.20. The first-order valence-electron chi connectivity index (χ1n) is 7.92. The van der Waals surface area contributed by atoms with E-state index in [0.717, 1.165) is 22.0 Å². The maximum atomic E-state index is 12.1. The molecule has 0 aliphatic carbocycles. The topological polar surface area (TPSA) is 76.9 Å². The van der Waals surface area contributed by atoms with Crippen molar-refractivity contribution in [2.75, 3.05) is 11.6 Å². The zero-order valence-corrected chi connectivity index (χ0v) is 15.6. The first-order valence-corrected chi connectivity index (χ1v) is 10.7. The number of benzene rings is 2. The van der Waals surface area contributed by atoms with Crippen LogP contribution < -0.4 is 5.32 Å². The van der Waals surface area contributed by atoms with Gasteiger partial charge in [0.1, 0.15) is 0 Å². The molecule has 0 radical (unpaired) electrons. The molecule has 0 atom stereocenters. The molecule has 4 aromatic rings. The second kappa shape index (κ2) is 6.54. The number of imidazole rings is 1. The quantitative estimate of drug-likeness (QED) is 0.568. The summed E-state index contributed by atoms with van der Waals surface area (Å²) in [5.41, 5.74) is 3.17. The van der Waals surface area contributed by atoms with Crippen molar-refractivity contribution in [3.8, 4) is 0 Å². The van der Waals surface area contributed by atoms with Gasteiger partial charge in [-0.2, -0.15) is 0 Å². The number of sulfone groups is 1. The van der Waals surface area contributed by atoms with E-state index in [1.54, 1.807) is 4.57 Å². The number of hydrogen-bond donors (Lipinski definition) is 1. The number of rotatable bonds is 5. The monoisotopic (exact) mass is 384 g/mol. The van der Waals surface area contributed by atoms with Crippen molar-refractivity contribution in [2.45, 2.75) is 11.7 Å². The van der Waals surface area contributed by atoms with Crippen LogP contribution in [0.4, 0.5) is 10.8 Å². The lowest BCUT2D eigenvalue weighted by Crippen LogP contribution is -2.10. The van der Waals surface area contributed by atoms with Crippen LogP contribution in [0, 0.1) is 0 Å². The van der Waals surface area contributed by atoms with E-state index in [0.29, 0.717) is 12.1 Å². The lowest BCUT2D eigenvalue weighted by Gasteiger charge is -2.06. The number of fused-ring (bicyclic) bond motifs is 1. The van der Waals surface area contributed by atoms with Crippen LogP contribution in [0.15, 0.2) is 65.1 Å². The highest BCUT2D eigenvalue weighted by molar-refractivity contribution is 7.90. The molecule has 0 aliphatic heterocycles. The highest BCUT2D eigenvalue weighted by Crippen LogP contribution is 2.24. The third-order valence-electron chi connectivity index (χ3n) is 3.85. The van der Waals surface area contributed by atoms with Gasteiger partial charge in [-0.1, -0.05) is 30.3 Å². The molecule has 0 saturated carbocycles. The Bertz CT molecular complexity index is 1160. The van der Waals surface area contributed by atoms with Crippen molar-refractivity contribution in [3.63, 3.8) is 0 Å². The molecule has 0 amide bonds. The minimum Gasteiger partial charge on any atom is -0.332 e. The molecule has 0 spiro atoms. The number of thiazole rings is 1. The van der Waals surface area contributed by atoms with Crippen molar-refractivity contribution in [1.29, 1.82) is 0 Å². The fourth-order valence-electron chi connectivity index (χ4n) is 2.73. The lowest BCUT2D eigenvalue weighted by atomic mass is 10.3. The van der Waals surface area contributed by atoms with Crippen LogP contribution in [-0.4, -0.2) is 29.2 Å². The molecule has 0 bridgehead atoms. The lowest BCUT2D eigenvalue weighted by molar-refractivity contribution is 0.580. The van der Waals surface area contributed by atoms with Crippen LogP contribution in [0.1, 0.15) is 5.69 Å². The Hall–Kier alpha value is -2.71. The fraction of sp³-hybridized carbons (Fsp3) is 0.111. The van der Waals surface area contributed by atoms with Crippen molar-refractivity contribution in [2.24, 2.45) is 0 Å². The van der Waals surface area contributed by atoms with Crippen molar-refractivity contribution in [3.05, 3.63) is 65.7 Å². The summed E-state index contributed by atoms with van der Waals surface area (Å²) in [6.45, 7) is 0.343. The fourth-order valence-corrected chi connectivity index (χ4v) is 4.28. The first kappa shape index (κ1) is 16.7. The third kappa shape index (κ3) is 3.33. The predicted molar refractivity (Wildman–Crippen MR) is 104 cm³/mol. The smallest absolute Gasteiger partial charge is 0.228 e. The zero-order chi connectivity index (χ0) is 18.1. The SMILES string of the molecule is CS(=O)(=O)c1nc2ccccc2n1Cc1csc(Nc2ccccc2)n1. The Labute approximate surface area is 155 Å². The van der Waals surface area contributed by atoms with Gasteiger partial charge in [-0.05, 0) is 24.3 Å². The Morgan fingerprint density at radius 3 is 2.54 bits per heavy atom. The Morgan fingerprint density at radius 1 is 1.04 bits per heavy atom. The molecule has 132 valence electrons. The van der Waals surface area contributed by atoms with Crippen molar-refractivity contribution in [1.82, 2.24) is 14.5 Å². The zero-order valence-electron chi connectivity index (χ0n) is 14.0. The van der Waals surface area contributed by atoms with E-state index in [1.807, 2.05) is 60.0 Å². The first-order chi connectivity index (χ1) is 12.5. The summed E-state index contributed by atoms with van der Waals surface area (Å²) in [6, 6.07) is 17.2. The maximum Gasteiger partial charge on any atom is 0.228 e. The van der Waals surface area contributed by atoms with Gasteiger partial charge in [0.2, 0.25) is 15.0 Å². The van der Waals surface area contributed by atoms with Crippen LogP contribution in [0.25, 0.3) is 11.0 Å². The van der Waals surface area contributed by atoms with E-state index in [1.165, 1.54) is 17.6 Å². The Morgan fingerprint density at radius 2 is 1.77 bits per heavy atom. The number of anilines is 2. The van der Waals surface area contributed by atoms with Gasteiger partial charge in [0.15, 0.2) is 5.13 Å². The average Bonchev–Trinajstić information content (AvgIpc) is 3.21. The third-order valence-corrected chi connectivity index (χ3v) is 5.63. The van der Waals surface area contributed by atoms with Crippen LogP contribution >= 0.6 is 11.3 Å². The molecule has 8 heteroatoms. The second-order valence-corrected chi connectivity index (χ2v) is 8.64. The molecule has 26 heavy (non-hydrogen) atoms. The molecule has 0 unspecified atom stereocenters. The van der Waals surface area contributed by atoms with Gasteiger partial charge in [-0.3, -0.25) is 0 Å². The molecule has 2 heterocycles. The highest BCUT2D eigenvalue weighted by atomic mass is 32.2. The summed E-state index contributed by atoms with van der Waals surface area (Å²) in [4.78, 5) is 8.86. The van der Waals surface area contributed by atoms with Crippen LogP contribution in [0.5, 0.6) is 0 Å². The van der Waals surface area contributed by atoms with E-state index >= 15 is 0 Å². The molecule has 6 nitrogen and oxygen atoms in total. The largest absolute Gasteiger partial charge is 0.332 e. The minimum atomic E-state index is -3.45. The van der Waals surface area contributed by atoms with E-state index in [4.69, 9.17) is 0 Å². The van der Waals surface area contributed by atoms with Gasteiger partial charge in [-0.15, -0.1) is 11.3 Å². The summed E-state index contributed by atoms with van der Waals surface area (Å²) >= 11 is 1.48. The van der Waals surface area contributed by atoms with Crippen LogP contribution in [0.3, 0.4) is 0 Å². The summed E-state index contributed by atoms with van der Waals surface area (Å²) < 4.78 is 26.0. The molecule has 2 aromatic carbocycles. The number of hydrogen-bond acceptors (Lipinski definition) is 6. The molecular weight excluding hydrogens is 368 g/mol. The molecule has 4 rings (SSSR count). The molecule has 0 aliphatic rings. The van der Waals surface area contributed by atoms with Crippen LogP contribution in [-0.2, 0) is 16.4 Å². The van der Waals surface area contributed by atoms with E-state index in [9.17, 15) is 8.42 Å². The molecular formula is C18H16N4O2S2. The molecule has 2 aromatic heterocycles. The van der Waals surface area contributed by atoms with Gasteiger partial charge in [0, 0.05) is 17.3 Å². The molecule has 0 saturated heterocycles. The number of nitrogens with one attached hydrogen (secondary N) is 1.